The molecule has 0 aliphatic heterocycles. The quantitative estimate of drug-likeness (QED) is 0.571. The molecule has 0 unspecified atom stereocenters. The van der Waals surface area contributed by atoms with Gasteiger partial charge in [-0.1, -0.05) is 6.07 Å². The van der Waals surface area contributed by atoms with Crippen LogP contribution in [0, 0.1) is 17.5 Å². The lowest BCUT2D eigenvalue weighted by atomic mass is 10.2. The minimum atomic E-state index is -1.72. The number of hydrogen-bond acceptors (Lipinski definition) is 4. The van der Waals surface area contributed by atoms with Gasteiger partial charge in [-0.05, 0) is 24.3 Å². The summed E-state index contributed by atoms with van der Waals surface area (Å²) in [5.74, 6) is -5.19. The Morgan fingerprint density at radius 3 is 2.69 bits per heavy atom. The van der Waals surface area contributed by atoms with Crippen molar-refractivity contribution in [3.05, 3.63) is 72.1 Å². The Balaban J connectivity index is 1.69. The number of fused-ring (bicyclic) bond motifs is 1. The summed E-state index contributed by atoms with van der Waals surface area (Å²) < 4.78 is 43.1. The number of nitrogens with zero attached hydrogens (tertiary/aromatic N) is 5. The number of nitrogens with one attached hydrogen (secondary N) is 1. The lowest BCUT2D eigenvalue weighted by molar-refractivity contribution is 0.102. The number of anilines is 1. The van der Waals surface area contributed by atoms with Gasteiger partial charge in [0.05, 0.1) is 5.56 Å². The molecule has 7 nitrogen and oxygen atoms in total. The molecule has 3 aromatic heterocycles. The molecule has 3 heterocycles. The lowest BCUT2D eigenvalue weighted by Gasteiger charge is -2.04. The fourth-order valence-electron chi connectivity index (χ4n) is 2.40. The van der Waals surface area contributed by atoms with E-state index in [1.165, 1.54) is 4.52 Å². The molecule has 1 N–H and O–H groups in total. The standard InChI is InChI=1S/C16H9F3N6O/c17-10-5-4-9(13(18)14(10)19)15(26)22-16-21-11-2-1-3-12(25(11)23-16)24-7-6-20-8-24/h1-8H,(H,22,23,26). The molecule has 1 aromatic carbocycles. The summed E-state index contributed by atoms with van der Waals surface area (Å²) in [6.07, 6.45) is 4.85. The molecular weight excluding hydrogens is 349 g/mol. The van der Waals surface area contributed by atoms with E-state index in [-0.39, 0.29) is 5.95 Å². The van der Waals surface area contributed by atoms with Gasteiger partial charge in [0.2, 0.25) is 5.95 Å². The molecule has 0 saturated heterocycles. The van der Waals surface area contributed by atoms with Gasteiger partial charge in [-0.25, -0.2) is 18.2 Å². The van der Waals surface area contributed by atoms with Gasteiger partial charge in [0.25, 0.3) is 5.91 Å². The number of imidazole rings is 1. The summed E-state index contributed by atoms with van der Waals surface area (Å²) in [6.45, 7) is 0. The fraction of sp³-hybridized carbons (Fsp3) is 0. The summed E-state index contributed by atoms with van der Waals surface area (Å²) in [7, 11) is 0. The van der Waals surface area contributed by atoms with Crippen LogP contribution < -0.4 is 5.32 Å². The number of benzene rings is 1. The number of rotatable bonds is 3. The van der Waals surface area contributed by atoms with E-state index in [1.807, 2.05) is 0 Å². The van der Waals surface area contributed by atoms with Crippen molar-refractivity contribution in [2.75, 3.05) is 5.32 Å². The van der Waals surface area contributed by atoms with E-state index in [0.717, 1.165) is 6.07 Å². The van der Waals surface area contributed by atoms with Crippen molar-refractivity contribution in [1.82, 2.24) is 24.1 Å². The third-order valence-corrected chi connectivity index (χ3v) is 3.61. The molecule has 0 aliphatic rings. The molecule has 0 spiro atoms. The zero-order valence-electron chi connectivity index (χ0n) is 12.9. The molecule has 4 rings (SSSR count). The topological polar surface area (TPSA) is 77.1 Å². The summed E-state index contributed by atoms with van der Waals surface area (Å²) in [5, 5.41) is 6.41. The van der Waals surface area contributed by atoms with Crippen LogP contribution >= 0.6 is 0 Å². The van der Waals surface area contributed by atoms with Crippen LogP contribution in [0.2, 0.25) is 0 Å². The molecule has 0 saturated carbocycles. The molecular formula is C16H9F3N6O. The Bertz CT molecular complexity index is 1120. The van der Waals surface area contributed by atoms with Gasteiger partial charge in [0.1, 0.15) is 12.1 Å². The number of carbonyl (C=O) groups excluding carboxylic acids is 1. The van der Waals surface area contributed by atoms with E-state index in [1.54, 1.807) is 41.5 Å². The van der Waals surface area contributed by atoms with E-state index in [2.05, 4.69) is 20.4 Å². The maximum Gasteiger partial charge on any atom is 0.261 e. The molecule has 130 valence electrons. The first-order valence-corrected chi connectivity index (χ1v) is 7.33. The van der Waals surface area contributed by atoms with Gasteiger partial charge in [-0.3, -0.25) is 14.7 Å². The predicted octanol–water partition coefficient (Wildman–Crippen LogP) is 2.58. The van der Waals surface area contributed by atoms with Gasteiger partial charge in [-0.2, -0.15) is 9.50 Å². The Labute approximate surface area is 143 Å². The zero-order valence-corrected chi connectivity index (χ0v) is 12.9. The van der Waals surface area contributed by atoms with Crippen LogP contribution in [0.3, 0.4) is 0 Å². The van der Waals surface area contributed by atoms with Crippen LogP contribution in [0.4, 0.5) is 19.1 Å². The third-order valence-electron chi connectivity index (χ3n) is 3.61. The average molecular weight is 358 g/mol. The first-order valence-electron chi connectivity index (χ1n) is 7.33. The van der Waals surface area contributed by atoms with Crippen molar-refractivity contribution in [1.29, 1.82) is 0 Å². The van der Waals surface area contributed by atoms with Gasteiger partial charge in [0.15, 0.2) is 23.1 Å². The molecule has 4 aromatic rings. The largest absolute Gasteiger partial charge is 0.290 e. The average Bonchev–Trinajstić information content (AvgIpc) is 3.28. The second-order valence-corrected chi connectivity index (χ2v) is 5.24. The number of pyridine rings is 1. The number of aromatic nitrogens is 5. The zero-order chi connectivity index (χ0) is 18.3. The first-order chi connectivity index (χ1) is 12.5. The van der Waals surface area contributed by atoms with Gasteiger partial charge < -0.3 is 0 Å². The fourth-order valence-corrected chi connectivity index (χ4v) is 2.40. The van der Waals surface area contributed by atoms with Gasteiger partial charge >= 0.3 is 0 Å². The summed E-state index contributed by atoms with van der Waals surface area (Å²) >= 11 is 0. The number of amides is 1. The highest BCUT2D eigenvalue weighted by Crippen LogP contribution is 2.17. The van der Waals surface area contributed by atoms with Crippen LogP contribution in [0.1, 0.15) is 10.4 Å². The highest BCUT2D eigenvalue weighted by Gasteiger charge is 2.20. The highest BCUT2D eigenvalue weighted by molar-refractivity contribution is 6.03. The molecule has 1 amide bonds. The predicted molar refractivity (Wildman–Crippen MR) is 84.4 cm³/mol. The van der Waals surface area contributed by atoms with Crippen LogP contribution in [0.5, 0.6) is 0 Å². The number of carbonyl (C=O) groups is 1. The Morgan fingerprint density at radius 2 is 1.92 bits per heavy atom. The molecule has 0 radical (unpaired) electrons. The van der Waals surface area contributed by atoms with Crippen LogP contribution in [-0.4, -0.2) is 30.1 Å². The number of halogens is 3. The Hall–Kier alpha value is -3.69. The monoisotopic (exact) mass is 358 g/mol. The highest BCUT2D eigenvalue weighted by atomic mass is 19.2. The first kappa shape index (κ1) is 15.8. The van der Waals surface area contributed by atoms with Crippen molar-refractivity contribution in [2.45, 2.75) is 0 Å². The van der Waals surface area contributed by atoms with Crippen molar-refractivity contribution in [2.24, 2.45) is 0 Å². The molecule has 10 heteroatoms. The third kappa shape index (κ3) is 2.57. The molecule has 0 aliphatic carbocycles. The van der Waals surface area contributed by atoms with E-state index in [0.29, 0.717) is 17.5 Å². The van der Waals surface area contributed by atoms with Gasteiger partial charge in [0, 0.05) is 12.4 Å². The SMILES string of the molecule is O=C(Nc1nc2cccc(-n3ccnc3)n2n1)c1ccc(F)c(F)c1F. The second-order valence-electron chi connectivity index (χ2n) is 5.24. The van der Waals surface area contributed by atoms with Crippen molar-refractivity contribution in [3.63, 3.8) is 0 Å². The normalized spacial score (nSPS) is 11.0. The second kappa shape index (κ2) is 5.99. The maximum atomic E-state index is 13.7. The summed E-state index contributed by atoms with van der Waals surface area (Å²) in [5.41, 5.74) is -0.241. The summed E-state index contributed by atoms with van der Waals surface area (Å²) in [4.78, 5) is 20.2. The smallest absolute Gasteiger partial charge is 0.261 e. The maximum absolute atomic E-state index is 13.7. The van der Waals surface area contributed by atoms with Gasteiger partial charge in [-0.15, -0.1) is 5.10 Å². The molecule has 0 atom stereocenters. The Kier molecular flexibility index (Phi) is 3.64. The van der Waals surface area contributed by atoms with Crippen molar-refractivity contribution >= 4 is 17.5 Å². The van der Waals surface area contributed by atoms with E-state index in [9.17, 15) is 18.0 Å². The van der Waals surface area contributed by atoms with Crippen LogP contribution in [0.15, 0.2) is 49.1 Å². The summed E-state index contributed by atoms with van der Waals surface area (Å²) in [6, 6.07) is 6.66. The van der Waals surface area contributed by atoms with E-state index >= 15 is 0 Å². The Morgan fingerprint density at radius 1 is 1.08 bits per heavy atom. The molecule has 26 heavy (non-hydrogen) atoms. The molecule has 0 bridgehead atoms. The van der Waals surface area contributed by atoms with Crippen molar-refractivity contribution in [3.8, 4) is 5.82 Å². The lowest BCUT2D eigenvalue weighted by Crippen LogP contribution is -2.16. The number of hydrogen-bond donors (Lipinski definition) is 1. The van der Waals surface area contributed by atoms with Crippen LogP contribution in [0.25, 0.3) is 11.5 Å². The van der Waals surface area contributed by atoms with E-state index < -0.39 is 28.9 Å². The van der Waals surface area contributed by atoms with E-state index in [4.69, 9.17) is 0 Å². The van der Waals surface area contributed by atoms with Crippen molar-refractivity contribution < 1.29 is 18.0 Å². The minimum absolute atomic E-state index is 0.119. The molecule has 0 fully saturated rings. The van der Waals surface area contributed by atoms with Crippen LogP contribution in [-0.2, 0) is 0 Å². The minimum Gasteiger partial charge on any atom is -0.290 e.